The number of hydrogen-bond donors (Lipinski definition) is 2. The second kappa shape index (κ2) is 10.7. The van der Waals surface area contributed by atoms with E-state index in [2.05, 4.69) is 26.8 Å². The number of carbonyl (C=O) groups excluding carboxylic acids is 2. The van der Waals surface area contributed by atoms with Crippen molar-refractivity contribution in [3.8, 4) is 0 Å². The molecule has 0 unspecified atom stereocenters. The predicted molar refractivity (Wildman–Crippen MR) is 120 cm³/mol. The Morgan fingerprint density at radius 1 is 1.17 bits per heavy atom. The van der Waals surface area contributed by atoms with E-state index in [-0.39, 0.29) is 23.3 Å². The van der Waals surface area contributed by atoms with Crippen molar-refractivity contribution in [1.29, 1.82) is 0 Å². The van der Waals surface area contributed by atoms with Gasteiger partial charge in [-0.3, -0.25) is 14.5 Å². The molecule has 2 aromatic rings. The molecule has 1 aliphatic rings. The van der Waals surface area contributed by atoms with Crippen LogP contribution in [0.5, 0.6) is 0 Å². The average molecular weight is 435 g/mol. The number of benzene rings is 1. The summed E-state index contributed by atoms with van der Waals surface area (Å²) in [5, 5.41) is 9.33. The molecule has 2 amide bonds. The number of aromatic nitrogens is 1. The first kappa shape index (κ1) is 21.7. The van der Waals surface area contributed by atoms with Gasteiger partial charge in [0.2, 0.25) is 11.8 Å². The van der Waals surface area contributed by atoms with Gasteiger partial charge in [0, 0.05) is 42.9 Å². The number of amides is 2. The van der Waals surface area contributed by atoms with E-state index in [0.29, 0.717) is 11.6 Å². The van der Waals surface area contributed by atoms with Crippen LogP contribution in [-0.4, -0.2) is 58.0 Å². The highest BCUT2D eigenvalue weighted by molar-refractivity contribution is 8.00. The van der Waals surface area contributed by atoms with Crippen LogP contribution in [0.3, 0.4) is 0 Å². The molecule has 0 radical (unpaired) electrons. The van der Waals surface area contributed by atoms with Crippen molar-refractivity contribution in [3.63, 3.8) is 0 Å². The highest BCUT2D eigenvalue weighted by Crippen LogP contribution is 2.22. The summed E-state index contributed by atoms with van der Waals surface area (Å²) in [4.78, 5) is 26.7. The normalized spacial score (nSPS) is 14.6. The molecule has 29 heavy (non-hydrogen) atoms. The number of anilines is 2. The molecule has 0 spiro atoms. The fraction of sp³-hybridized carbons (Fsp3) is 0.450. The summed E-state index contributed by atoms with van der Waals surface area (Å²) in [6.45, 7) is 6.92. The number of rotatable bonds is 8. The first-order valence-electron chi connectivity index (χ1n) is 9.50. The second-order valence-corrected chi connectivity index (χ2v) is 9.10. The van der Waals surface area contributed by atoms with E-state index in [0.717, 1.165) is 30.9 Å². The SMILES string of the molecule is Cc1cc(NC(=O)CSCC(=O)Nc2cccc(CN3CCSCC3)c2C)no1. The zero-order valence-electron chi connectivity index (χ0n) is 16.7. The Labute approximate surface area is 179 Å². The summed E-state index contributed by atoms with van der Waals surface area (Å²) < 4.78 is 4.90. The van der Waals surface area contributed by atoms with Crippen molar-refractivity contribution in [2.24, 2.45) is 0 Å². The maximum atomic E-state index is 12.3. The molecular weight excluding hydrogens is 408 g/mol. The average Bonchev–Trinajstić information content (AvgIpc) is 3.10. The van der Waals surface area contributed by atoms with E-state index in [1.165, 1.54) is 28.8 Å². The lowest BCUT2D eigenvalue weighted by Gasteiger charge is -2.27. The van der Waals surface area contributed by atoms with Gasteiger partial charge in [-0.25, -0.2) is 0 Å². The Balaban J connectivity index is 1.45. The Hall–Kier alpha value is -1.97. The zero-order valence-corrected chi connectivity index (χ0v) is 18.3. The molecule has 2 N–H and O–H groups in total. The molecule has 1 aromatic carbocycles. The van der Waals surface area contributed by atoms with Gasteiger partial charge in [-0.1, -0.05) is 17.3 Å². The Bertz CT molecular complexity index is 850. The van der Waals surface area contributed by atoms with E-state index >= 15 is 0 Å². The molecule has 0 atom stereocenters. The van der Waals surface area contributed by atoms with Crippen LogP contribution in [-0.2, 0) is 16.1 Å². The standard InChI is InChI=1S/C20H26N4O3S2/c1-14-10-18(23-27-14)22-20(26)13-29-12-19(25)21-17-5-3-4-16(15(17)2)11-24-6-8-28-9-7-24/h3-5,10H,6-9,11-13H2,1-2H3,(H,21,25)(H,22,23,26). The maximum absolute atomic E-state index is 12.3. The molecule has 1 saturated heterocycles. The zero-order chi connectivity index (χ0) is 20.6. The van der Waals surface area contributed by atoms with Crippen LogP contribution in [0, 0.1) is 13.8 Å². The van der Waals surface area contributed by atoms with Gasteiger partial charge in [-0.15, -0.1) is 11.8 Å². The smallest absolute Gasteiger partial charge is 0.235 e. The molecule has 0 saturated carbocycles. The summed E-state index contributed by atoms with van der Waals surface area (Å²) in [7, 11) is 0. The molecule has 1 aromatic heterocycles. The Kier molecular flexibility index (Phi) is 8.02. The lowest BCUT2D eigenvalue weighted by atomic mass is 10.1. The first-order valence-corrected chi connectivity index (χ1v) is 11.8. The maximum Gasteiger partial charge on any atom is 0.235 e. The van der Waals surface area contributed by atoms with Crippen LogP contribution in [0.25, 0.3) is 0 Å². The number of aryl methyl sites for hydroxylation is 1. The fourth-order valence-corrected chi connectivity index (χ4v) is 4.61. The van der Waals surface area contributed by atoms with E-state index < -0.39 is 0 Å². The minimum atomic E-state index is -0.214. The van der Waals surface area contributed by atoms with E-state index in [9.17, 15) is 9.59 Å². The third kappa shape index (κ3) is 6.80. The Morgan fingerprint density at radius 3 is 2.59 bits per heavy atom. The molecule has 0 bridgehead atoms. The predicted octanol–water partition coefficient (Wildman–Crippen LogP) is 3.15. The summed E-state index contributed by atoms with van der Waals surface area (Å²) in [5.41, 5.74) is 3.18. The molecule has 3 rings (SSSR count). The van der Waals surface area contributed by atoms with Gasteiger partial charge >= 0.3 is 0 Å². The van der Waals surface area contributed by atoms with Crippen molar-refractivity contribution in [2.45, 2.75) is 20.4 Å². The fourth-order valence-electron chi connectivity index (χ4n) is 3.02. The molecular formula is C20H26N4O3S2. The number of hydrogen-bond acceptors (Lipinski definition) is 7. The van der Waals surface area contributed by atoms with Crippen molar-refractivity contribution in [3.05, 3.63) is 41.2 Å². The summed E-state index contributed by atoms with van der Waals surface area (Å²) in [6.07, 6.45) is 0. The highest BCUT2D eigenvalue weighted by atomic mass is 32.2. The first-order chi connectivity index (χ1) is 14.0. The highest BCUT2D eigenvalue weighted by Gasteiger charge is 2.14. The second-order valence-electron chi connectivity index (χ2n) is 6.89. The van der Waals surface area contributed by atoms with Gasteiger partial charge in [-0.2, -0.15) is 11.8 Å². The molecule has 2 heterocycles. The number of nitrogens with zero attached hydrogens (tertiary/aromatic N) is 2. The summed E-state index contributed by atoms with van der Waals surface area (Å²) >= 11 is 3.26. The van der Waals surface area contributed by atoms with Crippen LogP contribution < -0.4 is 10.6 Å². The number of thioether (sulfide) groups is 2. The van der Waals surface area contributed by atoms with Crippen molar-refractivity contribution < 1.29 is 14.1 Å². The van der Waals surface area contributed by atoms with Crippen LogP contribution in [0.15, 0.2) is 28.8 Å². The van der Waals surface area contributed by atoms with Gasteiger partial charge in [0.25, 0.3) is 0 Å². The number of carbonyl (C=O) groups is 2. The van der Waals surface area contributed by atoms with E-state index in [1.54, 1.807) is 13.0 Å². The summed E-state index contributed by atoms with van der Waals surface area (Å²) in [6, 6.07) is 7.68. The van der Waals surface area contributed by atoms with E-state index in [1.807, 2.05) is 30.8 Å². The van der Waals surface area contributed by atoms with Crippen LogP contribution in [0.1, 0.15) is 16.9 Å². The van der Waals surface area contributed by atoms with E-state index in [4.69, 9.17) is 4.52 Å². The van der Waals surface area contributed by atoms with Gasteiger partial charge in [0.05, 0.1) is 11.5 Å². The lowest BCUT2D eigenvalue weighted by molar-refractivity contribution is -0.114. The van der Waals surface area contributed by atoms with Crippen molar-refractivity contribution in [1.82, 2.24) is 10.1 Å². The van der Waals surface area contributed by atoms with Crippen LogP contribution in [0.2, 0.25) is 0 Å². The topological polar surface area (TPSA) is 87.5 Å². The largest absolute Gasteiger partial charge is 0.360 e. The van der Waals surface area contributed by atoms with Gasteiger partial charge in [-0.05, 0) is 31.0 Å². The molecule has 7 nitrogen and oxygen atoms in total. The summed E-state index contributed by atoms with van der Waals surface area (Å²) in [5.74, 6) is 3.42. The minimum Gasteiger partial charge on any atom is -0.360 e. The van der Waals surface area contributed by atoms with Gasteiger partial charge in [0.15, 0.2) is 5.82 Å². The Morgan fingerprint density at radius 2 is 1.90 bits per heavy atom. The third-order valence-corrected chi connectivity index (χ3v) is 6.45. The molecule has 9 heteroatoms. The molecule has 0 aliphatic carbocycles. The third-order valence-electron chi connectivity index (χ3n) is 4.58. The van der Waals surface area contributed by atoms with Gasteiger partial charge in [0.1, 0.15) is 5.76 Å². The molecule has 1 fully saturated rings. The number of nitrogens with one attached hydrogen (secondary N) is 2. The lowest BCUT2D eigenvalue weighted by Crippen LogP contribution is -2.32. The molecule has 1 aliphatic heterocycles. The quantitative estimate of drug-likeness (QED) is 0.660. The van der Waals surface area contributed by atoms with Crippen LogP contribution >= 0.6 is 23.5 Å². The van der Waals surface area contributed by atoms with Gasteiger partial charge < -0.3 is 15.2 Å². The van der Waals surface area contributed by atoms with Crippen LogP contribution in [0.4, 0.5) is 11.5 Å². The monoisotopic (exact) mass is 434 g/mol. The van der Waals surface area contributed by atoms with Crippen molar-refractivity contribution in [2.75, 3.05) is 46.7 Å². The van der Waals surface area contributed by atoms with Crippen molar-refractivity contribution >= 4 is 46.8 Å². The molecule has 156 valence electrons. The minimum absolute atomic E-state index is 0.116.